The van der Waals surface area contributed by atoms with Gasteiger partial charge in [-0.15, -0.1) is 11.3 Å². The fourth-order valence-electron chi connectivity index (χ4n) is 3.55. The van der Waals surface area contributed by atoms with Crippen LogP contribution in [0.2, 0.25) is 0 Å². The molecule has 0 bridgehead atoms. The van der Waals surface area contributed by atoms with E-state index < -0.39 is 6.85 Å². The summed E-state index contributed by atoms with van der Waals surface area (Å²) in [5.74, 6) is 0. The van der Waals surface area contributed by atoms with Crippen molar-refractivity contribution in [1.82, 2.24) is 4.98 Å². The van der Waals surface area contributed by atoms with Crippen LogP contribution in [0.1, 0.15) is 15.2 Å². The van der Waals surface area contributed by atoms with Gasteiger partial charge in [0, 0.05) is 36.0 Å². The van der Waals surface area contributed by atoms with Gasteiger partial charge in [0.05, 0.1) is 5.69 Å². The molecule has 0 atom stereocenters. The molecular weight excluding hydrogens is 346 g/mol. The standard InChI is InChI=1S/C25H19NS/c1-16-7-11-23(26-15-16)19-9-8-17(2)21(14-19)18-10-12-25-22(13-18)20-5-3-4-6-24(20)27-25/h3-15H,1-2H3/i1D3. The van der Waals surface area contributed by atoms with Crippen molar-refractivity contribution >= 4 is 31.5 Å². The number of hydrogen-bond acceptors (Lipinski definition) is 2. The van der Waals surface area contributed by atoms with Gasteiger partial charge < -0.3 is 0 Å². The van der Waals surface area contributed by atoms with E-state index in [1.54, 1.807) is 12.1 Å². The van der Waals surface area contributed by atoms with E-state index in [0.717, 1.165) is 16.8 Å². The average molecular weight is 369 g/mol. The highest BCUT2D eigenvalue weighted by Crippen LogP contribution is 2.37. The number of pyridine rings is 1. The Labute approximate surface area is 167 Å². The summed E-state index contributed by atoms with van der Waals surface area (Å²) in [6.45, 7) is -0.0249. The first-order valence-electron chi connectivity index (χ1n) is 10.4. The summed E-state index contributed by atoms with van der Waals surface area (Å²) in [4.78, 5) is 4.40. The van der Waals surface area contributed by atoms with Gasteiger partial charge in [-0.2, -0.15) is 0 Å². The van der Waals surface area contributed by atoms with E-state index in [2.05, 4.69) is 66.5 Å². The minimum atomic E-state index is -2.14. The van der Waals surface area contributed by atoms with Crippen molar-refractivity contribution in [2.45, 2.75) is 13.8 Å². The first-order valence-corrected chi connectivity index (χ1v) is 9.71. The highest BCUT2D eigenvalue weighted by atomic mass is 32.1. The Morgan fingerprint density at radius 1 is 0.815 bits per heavy atom. The zero-order chi connectivity index (χ0) is 20.9. The summed E-state index contributed by atoms with van der Waals surface area (Å²) in [7, 11) is 0. The molecule has 0 aliphatic carbocycles. The Morgan fingerprint density at radius 3 is 2.52 bits per heavy atom. The van der Waals surface area contributed by atoms with Gasteiger partial charge in [0.2, 0.25) is 0 Å². The van der Waals surface area contributed by atoms with Crippen LogP contribution in [-0.2, 0) is 0 Å². The van der Waals surface area contributed by atoms with Crippen LogP contribution < -0.4 is 0 Å². The van der Waals surface area contributed by atoms with E-state index in [-0.39, 0.29) is 5.56 Å². The number of aryl methyl sites for hydroxylation is 2. The van der Waals surface area contributed by atoms with Crippen LogP contribution in [0.3, 0.4) is 0 Å². The second kappa shape index (κ2) is 6.33. The lowest BCUT2D eigenvalue weighted by molar-refractivity contribution is 1.27. The Kier molecular flexibility index (Phi) is 3.10. The monoisotopic (exact) mass is 368 g/mol. The summed E-state index contributed by atoms with van der Waals surface area (Å²) in [5, 5.41) is 2.56. The molecule has 130 valence electrons. The molecule has 0 aliphatic rings. The van der Waals surface area contributed by atoms with Gasteiger partial charge in [0.15, 0.2) is 0 Å². The highest BCUT2D eigenvalue weighted by molar-refractivity contribution is 7.25. The number of fused-ring (bicyclic) bond motifs is 3. The minimum absolute atomic E-state index is 0.258. The number of rotatable bonds is 2. The molecule has 0 saturated heterocycles. The number of thiophene rings is 1. The molecule has 0 fully saturated rings. The normalized spacial score (nSPS) is 13.4. The van der Waals surface area contributed by atoms with Crippen molar-refractivity contribution in [1.29, 1.82) is 0 Å². The number of benzene rings is 3. The van der Waals surface area contributed by atoms with Crippen molar-refractivity contribution in [2.24, 2.45) is 0 Å². The van der Waals surface area contributed by atoms with E-state index in [0.29, 0.717) is 0 Å². The van der Waals surface area contributed by atoms with Crippen molar-refractivity contribution in [2.75, 3.05) is 0 Å². The Hall–Kier alpha value is -2.97. The third kappa shape index (κ3) is 2.83. The predicted molar refractivity (Wildman–Crippen MR) is 117 cm³/mol. The van der Waals surface area contributed by atoms with Crippen molar-refractivity contribution in [3.8, 4) is 22.4 Å². The molecule has 1 nitrogen and oxygen atoms in total. The summed E-state index contributed by atoms with van der Waals surface area (Å²) >= 11 is 1.82. The molecule has 5 rings (SSSR count). The van der Waals surface area contributed by atoms with Gasteiger partial charge in [-0.05, 0) is 66.4 Å². The molecule has 5 aromatic rings. The zero-order valence-corrected chi connectivity index (χ0v) is 15.7. The number of nitrogens with zero attached hydrogens (tertiary/aromatic N) is 1. The van der Waals surface area contributed by atoms with Gasteiger partial charge >= 0.3 is 0 Å². The average Bonchev–Trinajstić information content (AvgIpc) is 3.11. The van der Waals surface area contributed by atoms with Gasteiger partial charge in [-0.25, -0.2) is 0 Å². The topological polar surface area (TPSA) is 12.9 Å². The van der Waals surface area contributed by atoms with Gasteiger partial charge in [-0.1, -0.05) is 42.5 Å². The third-order valence-electron chi connectivity index (χ3n) is 4.98. The Balaban J connectivity index is 1.60. The van der Waals surface area contributed by atoms with Gasteiger partial charge in [-0.3, -0.25) is 4.98 Å². The van der Waals surface area contributed by atoms with E-state index in [1.807, 2.05) is 17.4 Å². The van der Waals surface area contributed by atoms with Crippen molar-refractivity contribution in [3.05, 3.63) is 90.1 Å². The smallest absolute Gasteiger partial charge is 0.0702 e. The van der Waals surface area contributed by atoms with Crippen LogP contribution in [0.4, 0.5) is 0 Å². The first-order chi connectivity index (χ1) is 14.4. The molecule has 27 heavy (non-hydrogen) atoms. The zero-order valence-electron chi connectivity index (χ0n) is 17.9. The Bertz CT molecular complexity index is 1380. The molecule has 2 heteroatoms. The van der Waals surface area contributed by atoms with Gasteiger partial charge in [0.1, 0.15) is 0 Å². The quantitative estimate of drug-likeness (QED) is 0.316. The van der Waals surface area contributed by atoms with Crippen LogP contribution in [-0.4, -0.2) is 4.98 Å². The SMILES string of the molecule is [2H]C([2H])([2H])c1ccc(-c2ccc(C)c(-c3ccc4sc5ccccc5c4c3)c2)nc1. The molecule has 0 N–H and O–H groups in total. The van der Waals surface area contributed by atoms with Gasteiger partial charge in [0.25, 0.3) is 0 Å². The molecule has 0 aliphatic heterocycles. The van der Waals surface area contributed by atoms with E-state index in [1.165, 1.54) is 37.5 Å². The van der Waals surface area contributed by atoms with Crippen LogP contribution in [0.25, 0.3) is 42.6 Å². The molecule has 0 saturated carbocycles. The summed E-state index contributed by atoms with van der Waals surface area (Å²) < 4.78 is 25.2. The van der Waals surface area contributed by atoms with Crippen LogP contribution in [0, 0.1) is 13.8 Å². The van der Waals surface area contributed by atoms with Crippen LogP contribution in [0.15, 0.2) is 79.0 Å². The molecular formula is C25H19NS. The molecule has 3 aromatic carbocycles. The Morgan fingerprint density at radius 2 is 1.67 bits per heavy atom. The molecule has 2 aromatic heterocycles. The summed E-state index contributed by atoms with van der Waals surface area (Å²) in [6.07, 6.45) is 1.45. The lowest BCUT2D eigenvalue weighted by Gasteiger charge is -2.10. The molecule has 2 heterocycles. The maximum absolute atomic E-state index is 7.53. The van der Waals surface area contributed by atoms with Crippen molar-refractivity contribution < 1.29 is 4.11 Å². The lowest BCUT2D eigenvalue weighted by atomic mass is 9.95. The summed E-state index contributed by atoms with van der Waals surface area (Å²) in [6, 6.07) is 24.8. The highest BCUT2D eigenvalue weighted by Gasteiger charge is 2.10. The van der Waals surface area contributed by atoms with E-state index in [4.69, 9.17) is 4.11 Å². The van der Waals surface area contributed by atoms with E-state index >= 15 is 0 Å². The molecule has 0 amide bonds. The fourth-order valence-corrected chi connectivity index (χ4v) is 4.64. The van der Waals surface area contributed by atoms with Crippen LogP contribution in [0.5, 0.6) is 0 Å². The molecule has 0 radical (unpaired) electrons. The number of hydrogen-bond donors (Lipinski definition) is 0. The van der Waals surface area contributed by atoms with E-state index in [9.17, 15) is 0 Å². The predicted octanol–water partition coefficient (Wildman–Crippen LogP) is 7.40. The fraction of sp³-hybridized carbons (Fsp3) is 0.0800. The second-order valence-electron chi connectivity index (χ2n) is 6.77. The van der Waals surface area contributed by atoms with Crippen molar-refractivity contribution in [3.63, 3.8) is 0 Å². The third-order valence-corrected chi connectivity index (χ3v) is 6.14. The second-order valence-corrected chi connectivity index (χ2v) is 7.85. The lowest BCUT2D eigenvalue weighted by Crippen LogP contribution is -1.88. The number of aromatic nitrogens is 1. The van der Waals surface area contributed by atoms with Crippen LogP contribution >= 0.6 is 11.3 Å². The largest absolute Gasteiger partial charge is 0.256 e. The first kappa shape index (κ1) is 13.2. The minimum Gasteiger partial charge on any atom is -0.256 e. The molecule has 0 unspecified atom stereocenters. The maximum Gasteiger partial charge on any atom is 0.0702 e. The molecule has 0 spiro atoms. The maximum atomic E-state index is 7.53. The summed E-state index contributed by atoms with van der Waals surface area (Å²) in [5.41, 5.74) is 5.52.